The fraction of sp³-hybridized carbons (Fsp3) is 0.0588. The second-order valence-corrected chi connectivity index (χ2v) is 5.63. The van der Waals surface area contributed by atoms with E-state index in [4.69, 9.17) is 0 Å². The van der Waals surface area contributed by atoms with E-state index >= 15 is 0 Å². The van der Waals surface area contributed by atoms with Crippen molar-refractivity contribution in [1.82, 2.24) is 10.3 Å². The van der Waals surface area contributed by atoms with Crippen molar-refractivity contribution in [2.75, 3.05) is 5.32 Å². The number of thiophene rings is 1. The van der Waals surface area contributed by atoms with Crippen LogP contribution in [0.15, 0.2) is 59.4 Å². The third kappa shape index (κ3) is 3.92. The van der Waals surface area contributed by atoms with Gasteiger partial charge in [0.2, 0.25) is 0 Å². The monoisotopic (exact) mass is 327 g/mol. The number of nitrogens with one attached hydrogen (secondary N) is 2. The van der Waals surface area contributed by atoms with Gasteiger partial charge in [0.05, 0.1) is 11.4 Å². The summed E-state index contributed by atoms with van der Waals surface area (Å²) in [5, 5.41) is 9.20. The van der Waals surface area contributed by atoms with Gasteiger partial charge < -0.3 is 10.6 Å². The Morgan fingerprint density at radius 1 is 1.22 bits per heavy atom. The number of aromatic nitrogens is 1. The minimum atomic E-state index is -0.466. The van der Waals surface area contributed by atoms with Crippen molar-refractivity contribution in [2.45, 2.75) is 6.54 Å². The molecular weight excluding hydrogens is 313 g/mol. The van der Waals surface area contributed by atoms with Crippen LogP contribution in [0.3, 0.4) is 0 Å². The maximum absolute atomic E-state index is 13.5. The lowest BCUT2D eigenvalue weighted by molar-refractivity contribution is 0.251. The Bertz CT molecular complexity index is 805. The summed E-state index contributed by atoms with van der Waals surface area (Å²) in [6.45, 7) is 0.333. The maximum atomic E-state index is 13.5. The van der Waals surface area contributed by atoms with Crippen molar-refractivity contribution >= 4 is 23.1 Å². The van der Waals surface area contributed by atoms with E-state index in [1.165, 1.54) is 12.1 Å². The van der Waals surface area contributed by atoms with Crippen molar-refractivity contribution in [2.24, 2.45) is 0 Å². The number of halogens is 1. The van der Waals surface area contributed by atoms with Gasteiger partial charge in [-0.05, 0) is 41.3 Å². The SMILES string of the molecule is O=C(NCc1ccnc(-c2ccsc2)c1)Nc1ccccc1F. The quantitative estimate of drug-likeness (QED) is 0.752. The van der Waals surface area contributed by atoms with E-state index in [0.717, 1.165) is 16.8 Å². The number of pyridine rings is 1. The summed E-state index contributed by atoms with van der Waals surface area (Å²) in [6.07, 6.45) is 1.71. The number of para-hydroxylation sites is 1. The summed E-state index contributed by atoms with van der Waals surface area (Å²) < 4.78 is 13.5. The first-order chi connectivity index (χ1) is 11.2. The minimum absolute atomic E-state index is 0.152. The molecule has 0 unspecified atom stereocenters. The van der Waals surface area contributed by atoms with Crippen LogP contribution < -0.4 is 10.6 Å². The molecule has 0 saturated heterocycles. The highest BCUT2D eigenvalue weighted by Crippen LogP contribution is 2.20. The van der Waals surface area contributed by atoms with Gasteiger partial charge in [0.1, 0.15) is 5.82 Å². The molecule has 0 aliphatic rings. The topological polar surface area (TPSA) is 54.0 Å². The molecule has 0 spiro atoms. The predicted molar refractivity (Wildman–Crippen MR) is 89.8 cm³/mol. The van der Waals surface area contributed by atoms with Crippen LogP contribution in [0.4, 0.5) is 14.9 Å². The van der Waals surface area contributed by atoms with E-state index in [1.807, 2.05) is 29.0 Å². The molecule has 4 nitrogen and oxygen atoms in total. The average molecular weight is 327 g/mol. The Kier molecular flexibility index (Phi) is 4.63. The van der Waals surface area contributed by atoms with Gasteiger partial charge in [-0.1, -0.05) is 12.1 Å². The van der Waals surface area contributed by atoms with Crippen LogP contribution in [0.2, 0.25) is 0 Å². The molecule has 3 rings (SSSR count). The lowest BCUT2D eigenvalue weighted by Gasteiger charge is -2.09. The third-order valence-corrected chi connectivity index (χ3v) is 3.90. The van der Waals surface area contributed by atoms with Crippen molar-refractivity contribution in [3.05, 3.63) is 70.8 Å². The van der Waals surface area contributed by atoms with Gasteiger partial charge in [-0.15, -0.1) is 0 Å². The van der Waals surface area contributed by atoms with Crippen molar-refractivity contribution in [1.29, 1.82) is 0 Å². The van der Waals surface area contributed by atoms with E-state index in [-0.39, 0.29) is 5.69 Å². The van der Waals surface area contributed by atoms with Crippen LogP contribution in [0.25, 0.3) is 11.3 Å². The van der Waals surface area contributed by atoms with E-state index in [2.05, 4.69) is 15.6 Å². The molecule has 23 heavy (non-hydrogen) atoms. The zero-order valence-electron chi connectivity index (χ0n) is 12.1. The van der Waals surface area contributed by atoms with Crippen LogP contribution in [-0.4, -0.2) is 11.0 Å². The Labute approximate surface area is 137 Å². The Morgan fingerprint density at radius 3 is 2.87 bits per heavy atom. The number of benzene rings is 1. The molecule has 0 aliphatic carbocycles. The highest BCUT2D eigenvalue weighted by molar-refractivity contribution is 7.08. The Balaban J connectivity index is 1.61. The molecule has 0 atom stereocenters. The first kappa shape index (κ1) is 15.2. The summed E-state index contributed by atoms with van der Waals surface area (Å²) in [6, 6.07) is 11.3. The van der Waals surface area contributed by atoms with Gasteiger partial charge in [-0.2, -0.15) is 11.3 Å². The molecule has 3 aromatic rings. The molecule has 0 fully saturated rings. The van der Waals surface area contributed by atoms with Gasteiger partial charge in [0, 0.05) is 23.7 Å². The normalized spacial score (nSPS) is 10.3. The molecule has 2 amide bonds. The zero-order chi connectivity index (χ0) is 16.1. The highest BCUT2D eigenvalue weighted by Gasteiger charge is 2.06. The van der Waals surface area contributed by atoms with Gasteiger partial charge >= 0.3 is 6.03 Å². The molecule has 0 aliphatic heterocycles. The van der Waals surface area contributed by atoms with Gasteiger partial charge in [-0.25, -0.2) is 9.18 Å². The molecule has 0 radical (unpaired) electrons. The summed E-state index contributed by atoms with van der Waals surface area (Å²) >= 11 is 1.61. The largest absolute Gasteiger partial charge is 0.334 e. The lowest BCUT2D eigenvalue weighted by Crippen LogP contribution is -2.28. The number of anilines is 1. The van der Waals surface area contributed by atoms with Gasteiger partial charge in [-0.3, -0.25) is 4.98 Å². The minimum Gasteiger partial charge on any atom is -0.334 e. The number of carbonyl (C=O) groups excluding carboxylic acids is 1. The first-order valence-corrected chi connectivity index (χ1v) is 7.93. The number of urea groups is 1. The predicted octanol–water partition coefficient (Wildman–Crippen LogP) is 4.27. The van der Waals surface area contributed by atoms with Crippen molar-refractivity contribution < 1.29 is 9.18 Å². The van der Waals surface area contributed by atoms with E-state index in [1.54, 1.807) is 29.7 Å². The van der Waals surface area contributed by atoms with Gasteiger partial charge in [0.15, 0.2) is 0 Å². The van der Waals surface area contributed by atoms with E-state index in [9.17, 15) is 9.18 Å². The molecule has 0 saturated carbocycles. The summed E-state index contributed by atoms with van der Waals surface area (Å²) in [5.74, 6) is -0.466. The van der Waals surface area contributed by atoms with Crippen molar-refractivity contribution in [3.63, 3.8) is 0 Å². The molecule has 0 bridgehead atoms. The molecule has 6 heteroatoms. The number of rotatable bonds is 4. The third-order valence-electron chi connectivity index (χ3n) is 3.22. The van der Waals surface area contributed by atoms with Crippen LogP contribution in [-0.2, 0) is 6.54 Å². The molecule has 116 valence electrons. The maximum Gasteiger partial charge on any atom is 0.319 e. The lowest BCUT2D eigenvalue weighted by atomic mass is 10.1. The molecule has 2 heterocycles. The van der Waals surface area contributed by atoms with Crippen LogP contribution in [0.1, 0.15) is 5.56 Å². The van der Waals surface area contributed by atoms with Crippen LogP contribution in [0, 0.1) is 5.82 Å². The number of nitrogens with zero attached hydrogens (tertiary/aromatic N) is 1. The first-order valence-electron chi connectivity index (χ1n) is 6.99. The number of hydrogen-bond donors (Lipinski definition) is 2. The van der Waals surface area contributed by atoms with E-state index in [0.29, 0.717) is 6.54 Å². The second-order valence-electron chi connectivity index (χ2n) is 4.85. The molecule has 2 aromatic heterocycles. The van der Waals surface area contributed by atoms with Crippen LogP contribution in [0.5, 0.6) is 0 Å². The van der Waals surface area contributed by atoms with Crippen LogP contribution >= 0.6 is 11.3 Å². The summed E-state index contributed by atoms with van der Waals surface area (Å²) in [7, 11) is 0. The average Bonchev–Trinajstić information content (AvgIpc) is 3.10. The summed E-state index contributed by atoms with van der Waals surface area (Å²) in [5.41, 5.74) is 2.98. The Hall–Kier alpha value is -2.73. The molecular formula is C17H14FN3OS. The number of hydrogen-bond acceptors (Lipinski definition) is 3. The molecule has 2 N–H and O–H groups in total. The Morgan fingerprint density at radius 2 is 2.09 bits per heavy atom. The molecule has 1 aromatic carbocycles. The fourth-order valence-corrected chi connectivity index (χ4v) is 2.71. The fourth-order valence-electron chi connectivity index (χ4n) is 2.06. The van der Waals surface area contributed by atoms with E-state index < -0.39 is 11.8 Å². The van der Waals surface area contributed by atoms with Gasteiger partial charge in [0.25, 0.3) is 0 Å². The smallest absolute Gasteiger partial charge is 0.319 e. The standard InChI is InChI=1S/C17H14FN3OS/c18-14-3-1-2-4-15(14)21-17(22)20-10-12-5-7-19-16(9-12)13-6-8-23-11-13/h1-9,11H,10H2,(H2,20,21,22). The second kappa shape index (κ2) is 7.02. The van der Waals surface area contributed by atoms with Crippen molar-refractivity contribution in [3.8, 4) is 11.3 Å². The number of carbonyl (C=O) groups is 1. The summed E-state index contributed by atoms with van der Waals surface area (Å²) in [4.78, 5) is 16.2. The highest BCUT2D eigenvalue weighted by atomic mass is 32.1. The number of amides is 2. The zero-order valence-corrected chi connectivity index (χ0v) is 12.9.